The van der Waals surface area contributed by atoms with E-state index in [0.717, 1.165) is 44.1 Å². The lowest BCUT2D eigenvalue weighted by molar-refractivity contribution is -0.191. The monoisotopic (exact) mass is 472 g/mol. The number of rotatable bonds is 6. The van der Waals surface area contributed by atoms with Gasteiger partial charge in [0.2, 0.25) is 0 Å². The molecule has 4 heteroatoms. The minimum absolute atomic E-state index is 0.0125. The van der Waals surface area contributed by atoms with E-state index < -0.39 is 0 Å². The molecule has 0 aliphatic heterocycles. The Hall–Kier alpha value is -2.62. The molecule has 2 aromatic carbocycles. The van der Waals surface area contributed by atoms with Gasteiger partial charge in [-0.25, -0.2) is 0 Å². The summed E-state index contributed by atoms with van der Waals surface area (Å²) >= 11 is 0. The number of esters is 2. The number of allylic oxidation sites excluding steroid dienone is 1. The van der Waals surface area contributed by atoms with Crippen LogP contribution in [0.25, 0.3) is 16.8 Å². The Bertz CT molecular complexity index is 1160. The van der Waals surface area contributed by atoms with Crippen LogP contribution in [0.2, 0.25) is 0 Å². The van der Waals surface area contributed by atoms with E-state index in [1.807, 2.05) is 20.8 Å². The van der Waals surface area contributed by atoms with Gasteiger partial charge >= 0.3 is 11.9 Å². The zero-order valence-corrected chi connectivity index (χ0v) is 21.0. The van der Waals surface area contributed by atoms with Gasteiger partial charge in [-0.15, -0.1) is 0 Å². The van der Waals surface area contributed by atoms with Crippen LogP contribution in [0.15, 0.2) is 36.4 Å². The van der Waals surface area contributed by atoms with E-state index in [4.69, 9.17) is 9.47 Å². The van der Waals surface area contributed by atoms with Crippen LogP contribution in [0.3, 0.4) is 0 Å². The summed E-state index contributed by atoms with van der Waals surface area (Å²) in [6.45, 7) is 5.98. The number of ether oxygens (including phenoxy) is 2. The molecule has 0 spiro atoms. The highest BCUT2D eigenvalue weighted by Crippen LogP contribution is 2.58. The van der Waals surface area contributed by atoms with Crippen molar-refractivity contribution in [3.63, 3.8) is 0 Å². The first kappa shape index (κ1) is 22.8. The molecule has 0 N–H and O–H groups in total. The summed E-state index contributed by atoms with van der Waals surface area (Å²) in [5, 5.41) is 2.54. The van der Waals surface area contributed by atoms with Gasteiger partial charge in [-0.1, -0.05) is 44.2 Å². The number of hydrogen-bond donors (Lipinski definition) is 0. The van der Waals surface area contributed by atoms with Crippen molar-refractivity contribution in [2.45, 2.75) is 71.5 Å². The topological polar surface area (TPSA) is 52.6 Å². The van der Waals surface area contributed by atoms with Crippen molar-refractivity contribution in [2.24, 2.45) is 35.5 Å². The second-order valence-corrected chi connectivity index (χ2v) is 11.5. The van der Waals surface area contributed by atoms with E-state index in [1.54, 1.807) is 0 Å². The van der Waals surface area contributed by atoms with Crippen molar-refractivity contribution in [1.82, 2.24) is 0 Å². The summed E-state index contributed by atoms with van der Waals surface area (Å²) in [7, 11) is 0. The number of benzene rings is 2. The zero-order valence-electron chi connectivity index (χ0n) is 21.0. The first-order valence-corrected chi connectivity index (χ1v) is 13.6. The molecule has 35 heavy (non-hydrogen) atoms. The number of carbonyl (C=O) groups excluding carboxylic acids is 2. The molecule has 2 unspecified atom stereocenters. The molecule has 5 aliphatic rings. The highest BCUT2D eigenvalue weighted by molar-refractivity contribution is 5.95. The molecule has 0 radical (unpaired) electrons. The summed E-state index contributed by atoms with van der Waals surface area (Å²) in [5.74, 6) is 1.40. The maximum Gasteiger partial charge on any atom is 0.310 e. The molecule has 5 aliphatic carbocycles. The molecule has 4 nitrogen and oxygen atoms in total. The Balaban J connectivity index is 1.15. The van der Waals surface area contributed by atoms with Gasteiger partial charge in [-0.2, -0.15) is 0 Å². The average molecular weight is 473 g/mol. The third kappa shape index (κ3) is 3.90. The Labute approximate surface area is 208 Å². The Kier molecular flexibility index (Phi) is 5.74. The second-order valence-electron chi connectivity index (χ2n) is 11.5. The van der Waals surface area contributed by atoms with Crippen LogP contribution in [0.4, 0.5) is 0 Å². The standard InChI is InChI=1S/C31H36O4/c1-4-17(2)30(32)35-29-25-13-23-14-26(29)16-24(15-25)28(23)31(33)34-18(3)22-11-20-9-5-7-19-8-6-10-21(12-22)27(19)20/h5-7,9-12,17-18,23-26,28-29H,4,8,13-16H2,1-3H3. The van der Waals surface area contributed by atoms with Gasteiger partial charge in [-0.3, -0.25) is 9.59 Å². The molecule has 0 aromatic heterocycles. The summed E-state index contributed by atoms with van der Waals surface area (Å²) in [5.41, 5.74) is 3.64. The summed E-state index contributed by atoms with van der Waals surface area (Å²) in [6, 6.07) is 10.8. The summed E-state index contributed by atoms with van der Waals surface area (Å²) in [6.07, 6.45) is 9.87. The van der Waals surface area contributed by atoms with Gasteiger partial charge < -0.3 is 9.47 Å². The van der Waals surface area contributed by atoms with E-state index in [9.17, 15) is 9.59 Å². The van der Waals surface area contributed by atoms with E-state index in [1.165, 1.54) is 21.9 Å². The highest BCUT2D eigenvalue weighted by Gasteiger charge is 2.57. The first-order chi connectivity index (χ1) is 16.9. The van der Waals surface area contributed by atoms with Crippen LogP contribution >= 0.6 is 0 Å². The van der Waals surface area contributed by atoms with Crippen molar-refractivity contribution in [1.29, 1.82) is 0 Å². The lowest BCUT2D eigenvalue weighted by Gasteiger charge is -2.56. The molecule has 0 heterocycles. The van der Waals surface area contributed by atoms with E-state index in [-0.39, 0.29) is 36.0 Å². The molecule has 4 bridgehead atoms. The largest absolute Gasteiger partial charge is 0.462 e. The van der Waals surface area contributed by atoms with E-state index in [0.29, 0.717) is 23.7 Å². The lowest BCUT2D eigenvalue weighted by Crippen LogP contribution is -2.56. The van der Waals surface area contributed by atoms with Crippen molar-refractivity contribution >= 4 is 28.8 Å². The molecule has 7 rings (SSSR count). The SMILES string of the molecule is CCC(C)C(=O)OC1C2CC3CC1CC(C2)C3C(=O)OC(C)c1cc2c3c(cccc3c1)CC=C2. The molecule has 4 fully saturated rings. The van der Waals surface area contributed by atoms with Crippen molar-refractivity contribution in [2.75, 3.05) is 0 Å². The van der Waals surface area contributed by atoms with Crippen LogP contribution in [0.1, 0.15) is 75.7 Å². The molecule has 0 amide bonds. The van der Waals surface area contributed by atoms with E-state index in [2.05, 4.69) is 42.5 Å². The molecule has 184 valence electrons. The highest BCUT2D eigenvalue weighted by atomic mass is 16.5. The quantitative estimate of drug-likeness (QED) is 0.442. The van der Waals surface area contributed by atoms with Crippen LogP contribution in [0, 0.1) is 35.5 Å². The molecular formula is C31H36O4. The van der Waals surface area contributed by atoms with Crippen LogP contribution in [0.5, 0.6) is 0 Å². The smallest absolute Gasteiger partial charge is 0.310 e. The molecule has 2 atom stereocenters. The van der Waals surface area contributed by atoms with Gasteiger partial charge in [0.25, 0.3) is 0 Å². The lowest BCUT2D eigenvalue weighted by atomic mass is 9.50. The van der Waals surface area contributed by atoms with E-state index >= 15 is 0 Å². The van der Waals surface area contributed by atoms with Gasteiger partial charge in [0, 0.05) is 0 Å². The fourth-order valence-corrected chi connectivity index (χ4v) is 7.56. The third-order valence-corrected chi connectivity index (χ3v) is 9.42. The average Bonchev–Trinajstić information content (AvgIpc) is 2.85. The van der Waals surface area contributed by atoms with Crippen molar-refractivity contribution in [3.8, 4) is 0 Å². The fraction of sp³-hybridized carbons (Fsp3) is 0.548. The Morgan fingerprint density at radius 2 is 1.71 bits per heavy atom. The Morgan fingerprint density at radius 3 is 2.40 bits per heavy atom. The van der Waals surface area contributed by atoms with Gasteiger partial charge in [0.05, 0.1) is 11.8 Å². The van der Waals surface area contributed by atoms with Crippen molar-refractivity contribution < 1.29 is 19.1 Å². The van der Waals surface area contributed by atoms with Crippen molar-refractivity contribution in [3.05, 3.63) is 53.1 Å². The summed E-state index contributed by atoms with van der Waals surface area (Å²) < 4.78 is 12.2. The predicted octanol–water partition coefficient (Wildman–Crippen LogP) is 6.65. The van der Waals surface area contributed by atoms with Crippen LogP contribution in [-0.4, -0.2) is 18.0 Å². The second kappa shape index (κ2) is 8.80. The molecular weight excluding hydrogens is 436 g/mol. The molecule has 2 aromatic rings. The maximum atomic E-state index is 13.5. The summed E-state index contributed by atoms with van der Waals surface area (Å²) in [4.78, 5) is 25.9. The number of carbonyl (C=O) groups is 2. The van der Waals surface area contributed by atoms with Gasteiger partial charge in [0.1, 0.15) is 12.2 Å². The van der Waals surface area contributed by atoms with Gasteiger partial charge in [0.15, 0.2) is 0 Å². The molecule has 0 saturated heterocycles. The van der Waals surface area contributed by atoms with Gasteiger partial charge in [-0.05, 0) is 109 Å². The van der Waals surface area contributed by atoms with Crippen LogP contribution < -0.4 is 0 Å². The third-order valence-electron chi connectivity index (χ3n) is 9.42. The normalized spacial score (nSPS) is 31.9. The molecule has 4 saturated carbocycles. The minimum Gasteiger partial charge on any atom is -0.462 e. The maximum absolute atomic E-state index is 13.5. The number of hydrogen-bond acceptors (Lipinski definition) is 4. The zero-order chi connectivity index (χ0) is 24.3. The fourth-order valence-electron chi connectivity index (χ4n) is 7.56. The Morgan fingerprint density at radius 1 is 1.00 bits per heavy atom. The van der Waals surface area contributed by atoms with Crippen LogP contribution in [-0.2, 0) is 25.5 Å². The predicted molar refractivity (Wildman–Crippen MR) is 136 cm³/mol. The minimum atomic E-state index is -0.274. The first-order valence-electron chi connectivity index (χ1n) is 13.6.